The minimum absolute atomic E-state index is 0.256. The van der Waals surface area contributed by atoms with Gasteiger partial charge in [-0.3, -0.25) is 9.88 Å². The van der Waals surface area contributed by atoms with Crippen LogP contribution in [0.5, 0.6) is 0 Å². The molecule has 5 nitrogen and oxygen atoms in total. The van der Waals surface area contributed by atoms with Gasteiger partial charge in [-0.25, -0.2) is 4.79 Å². The summed E-state index contributed by atoms with van der Waals surface area (Å²) >= 11 is 1.58. The zero-order valence-electron chi connectivity index (χ0n) is 26.1. The lowest BCUT2D eigenvalue weighted by molar-refractivity contribution is 0.0467. The second-order valence-corrected chi connectivity index (χ2v) is 12.4. The maximum absolute atomic E-state index is 12.8. The van der Waals surface area contributed by atoms with Crippen LogP contribution < -0.4 is 15.8 Å². The van der Waals surface area contributed by atoms with E-state index in [9.17, 15) is 4.79 Å². The molecule has 2 aliphatic heterocycles. The number of pyridine rings is 1. The van der Waals surface area contributed by atoms with Crippen LogP contribution in [0, 0.1) is 6.92 Å². The Bertz CT molecular complexity index is 1690. The minimum Gasteiger partial charge on any atom is -0.461 e. The molecule has 0 spiro atoms. The molecule has 2 aromatic heterocycles. The number of nitrogens with one attached hydrogen (secondary N) is 1. The molecule has 3 aromatic rings. The SMILES string of the molecule is C\C=C(/C=c1/cc(C2=C(c3cccc(C)n3)CC(C)N2)cc/c1=C(/C)CC)c1cc(C(=O)OCCN2CC=CCC2)cs1. The van der Waals surface area contributed by atoms with E-state index >= 15 is 0 Å². The van der Waals surface area contributed by atoms with Crippen LogP contribution in [0.4, 0.5) is 0 Å². The number of thiophene rings is 1. The van der Waals surface area contributed by atoms with E-state index in [-0.39, 0.29) is 5.97 Å². The van der Waals surface area contributed by atoms with Crippen molar-refractivity contribution in [3.8, 4) is 0 Å². The van der Waals surface area contributed by atoms with Crippen LogP contribution in [0.25, 0.3) is 28.5 Å². The molecule has 4 heterocycles. The number of allylic oxidation sites excluding steroid dienone is 2. The summed E-state index contributed by atoms with van der Waals surface area (Å²) in [5.74, 6) is -0.256. The summed E-state index contributed by atoms with van der Waals surface area (Å²) in [6.07, 6.45) is 11.7. The van der Waals surface area contributed by atoms with Gasteiger partial charge in [0.25, 0.3) is 0 Å². The van der Waals surface area contributed by atoms with Gasteiger partial charge in [0.1, 0.15) is 6.61 Å². The number of aryl methyl sites for hydroxylation is 1. The Morgan fingerprint density at radius 3 is 2.81 bits per heavy atom. The number of nitrogens with zero attached hydrogens (tertiary/aromatic N) is 2. The van der Waals surface area contributed by atoms with Crippen molar-refractivity contribution in [1.29, 1.82) is 0 Å². The van der Waals surface area contributed by atoms with Crippen LogP contribution in [-0.4, -0.2) is 48.1 Å². The van der Waals surface area contributed by atoms with Crippen LogP contribution in [0.1, 0.15) is 79.1 Å². The quantitative estimate of drug-likeness (QED) is 0.224. The summed E-state index contributed by atoms with van der Waals surface area (Å²) < 4.78 is 5.63. The molecule has 5 rings (SSSR count). The fourth-order valence-electron chi connectivity index (χ4n) is 5.71. The van der Waals surface area contributed by atoms with E-state index in [2.05, 4.69) is 92.5 Å². The highest BCUT2D eigenvalue weighted by molar-refractivity contribution is 7.11. The van der Waals surface area contributed by atoms with E-state index in [4.69, 9.17) is 9.72 Å². The zero-order chi connectivity index (χ0) is 30.3. The second-order valence-electron chi connectivity index (χ2n) is 11.5. The van der Waals surface area contributed by atoms with Crippen LogP contribution in [0.2, 0.25) is 0 Å². The predicted octanol–water partition coefficient (Wildman–Crippen LogP) is 6.58. The van der Waals surface area contributed by atoms with E-state index in [1.54, 1.807) is 11.3 Å². The number of carbonyl (C=O) groups excluding carboxylic acids is 1. The third-order valence-corrected chi connectivity index (χ3v) is 9.23. The highest BCUT2D eigenvalue weighted by atomic mass is 32.1. The molecule has 1 N–H and O–H groups in total. The Morgan fingerprint density at radius 1 is 1.21 bits per heavy atom. The highest BCUT2D eigenvalue weighted by Crippen LogP contribution is 2.33. The van der Waals surface area contributed by atoms with E-state index in [0.29, 0.717) is 18.2 Å². The molecule has 0 saturated carbocycles. The number of hydrogen-bond acceptors (Lipinski definition) is 6. The number of hydrogen-bond donors (Lipinski definition) is 1. The maximum atomic E-state index is 12.8. The van der Waals surface area contributed by atoms with Gasteiger partial charge in [-0.1, -0.05) is 48.9 Å². The molecule has 0 bridgehead atoms. The first-order valence-corrected chi connectivity index (χ1v) is 16.3. The first kappa shape index (κ1) is 30.7. The monoisotopic (exact) mass is 593 g/mol. The largest absolute Gasteiger partial charge is 0.461 e. The summed E-state index contributed by atoms with van der Waals surface area (Å²) in [5, 5.41) is 8.06. The number of esters is 1. The van der Waals surface area contributed by atoms with Gasteiger partial charge < -0.3 is 10.1 Å². The maximum Gasteiger partial charge on any atom is 0.339 e. The van der Waals surface area contributed by atoms with E-state index in [1.165, 1.54) is 21.6 Å². The Hall–Kier alpha value is -3.74. The molecule has 224 valence electrons. The smallest absolute Gasteiger partial charge is 0.339 e. The normalized spacial score (nSPS) is 18.7. The number of ether oxygens (including phenoxy) is 1. The van der Waals surface area contributed by atoms with Crippen molar-refractivity contribution >= 4 is 45.8 Å². The Labute approximate surface area is 260 Å². The topological polar surface area (TPSA) is 54.5 Å². The molecular formula is C37H43N3O2S. The third-order valence-electron chi connectivity index (χ3n) is 8.26. The molecule has 0 amide bonds. The van der Waals surface area contributed by atoms with Gasteiger partial charge in [-0.05, 0) is 98.9 Å². The summed E-state index contributed by atoms with van der Waals surface area (Å²) in [5.41, 5.74) is 8.69. The number of benzene rings is 1. The van der Waals surface area contributed by atoms with Crippen LogP contribution in [0.3, 0.4) is 0 Å². The van der Waals surface area contributed by atoms with E-state index in [1.807, 2.05) is 24.4 Å². The number of carbonyl (C=O) groups is 1. The van der Waals surface area contributed by atoms with Crippen molar-refractivity contribution in [3.63, 3.8) is 0 Å². The van der Waals surface area contributed by atoms with Crippen LogP contribution in [-0.2, 0) is 4.74 Å². The Balaban J connectivity index is 1.45. The van der Waals surface area contributed by atoms with Crippen LogP contribution >= 0.6 is 11.3 Å². The summed E-state index contributed by atoms with van der Waals surface area (Å²) in [7, 11) is 0. The number of rotatable bonds is 9. The first-order chi connectivity index (χ1) is 20.9. The minimum atomic E-state index is -0.256. The van der Waals surface area contributed by atoms with Crippen molar-refractivity contribution in [2.45, 2.75) is 59.9 Å². The molecule has 0 radical (unpaired) electrons. The molecule has 1 aromatic carbocycles. The Morgan fingerprint density at radius 2 is 2.07 bits per heavy atom. The van der Waals surface area contributed by atoms with Crippen molar-refractivity contribution < 1.29 is 9.53 Å². The molecule has 1 unspecified atom stereocenters. The lowest BCUT2D eigenvalue weighted by atomic mass is 9.99. The Kier molecular flexibility index (Phi) is 10.1. The second kappa shape index (κ2) is 14.2. The van der Waals surface area contributed by atoms with Gasteiger partial charge in [0.05, 0.1) is 11.3 Å². The van der Waals surface area contributed by atoms with Crippen molar-refractivity contribution in [1.82, 2.24) is 15.2 Å². The van der Waals surface area contributed by atoms with Gasteiger partial charge in [-0.15, -0.1) is 11.3 Å². The first-order valence-electron chi connectivity index (χ1n) is 15.4. The van der Waals surface area contributed by atoms with Gasteiger partial charge >= 0.3 is 5.97 Å². The lowest BCUT2D eigenvalue weighted by Crippen LogP contribution is -2.31. The fraction of sp³-hybridized carbons (Fsp3) is 0.351. The molecule has 6 heteroatoms. The van der Waals surface area contributed by atoms with Crippen LogP contribution in [0.15, 0.2) is 66.1 Å². The fourth-order valence-corrected chi connectivity index (χ4v) is 6.64. The van der Waals surface area contributed by atoms with E-state index < -0.39 is 0 Å². The molecule has 0 fully saturated rings. The zero-order valence-corrected chi connectivity index (χ0v) is 26.9. The van der Waals surface area contributed by atoms with Crippen molar-refractivity contribution in [2.75, 3.05) is 26.2 Å². The third kappa shape index (κ3) is 7.43. The molecule has 43 heavy (non-hydrogen) atoms. The average Bonchev–Trinajstić information content (AvgIpc) is 3.67. The standard InChI is InChI=1S/C37H43N3O2S/c1-6-25(3)32-15-14-29(36-33(20-27(5)39-36)34-13-11-12-26(4)38-34)22-30(32)21-28(7-2)35-23-31(24-43-35)37(41)42-19-18-40-16-9-8-10-17-40/h7-9,11-15,21-24,27,39H,6,10,16-20H2,1-5H3/b28-7+,30-21-,32-25+. The summed E-state index contributed by atoms with van der Waals surface area (Å²) in [4.78, 5) is 21.0. The number of aromatic nitrogens is 1. The lowest BCUT2D eigenvalue weighted by Gasteiger charge is -2.22. The van der Waals surface area contributed by atoms with E-state index in [0.717, 1.165) is 72.0 Å². The van der Waals surface area contributed by atoms with Gasteiger partial charge in [0.15, 0.2) is 0 Å². The van der Waals surface area contributed by atoms with Gasteiger partial charge in [-0.2, -0.15) is 0 Å². The molecule has 0 saturated heterocycles. The van der Waals surface area contributed by atoms with Crippen molar-refractivity contribution in [2.24, 2.45) is 0 Å². The predicted molar refractivity (Wildman–Crippen MR) is 181 cm³/mol. The highest BCUT2D eigenvalue weighted by Gasteiger charge is 2.23. The van der Waals surface area contributed by atoms with Gasteiger partial charge in [0, 0.05) is 52.9 Å². The molecule has 0 aliphatic carbocycles. The summed E-state index contributed by atoms with van der Waals surface area (Å²) in [6, 6.07) is 15.3. The molecule has 1 atom stereocenters. The molecular weight excluding hydrogens is 550 g/mol. The summed E-state index contributed by atoms with van der Waals surface area (Å²) in [6.45, 7) is 13.8. The molecule has 2 aliphatic rings. The average molecular weight is 594 g/mol. The van der Waals surface area contributed by atoms with Crippen molar-refractivity contribution in [3.05, 3.63) is 104 Å². The van der Waals surface area contributed by atoms with Gasteiger partial charge in [0.2, 0.25) is 0 Å².